The number of alkyl halides is 3. The van der Waals surface area contributed by atoms with E-state index in [-0.39, 0.29) is 12.8 Å². The molecule has 3 aromatic rings. The molecule has 118 valence electrons. The summed E-state index contributed by atoms with van der Waals surface area (Å²) in [4.78, 5) is 4.21. The number of imidazole rings is 1. The normalized spacial score (nSPS) is 16.7. The highest BCUT2D eigenvalue weighted by molar-refractivity contribution is 6.29. The van der Waals surface area contributed by atoms with Crippen LogP contribution < -0.4 is 0 Å². The van der Waals surface area contributed by atoms with Gasteiger partial charge in [0.1, 0.15) is 5.15 Å². The zero-order chi connectivity index (χ0) is 16.2. The number of benzene rings is 1. The predicted octanol–water partition coefficient (Wildman–Crippen LogP) is 4.64. The Morgan fingerprint density at radius 2 is 1.91 bits per heavy atom. The fourth-order valence-electron chi connectivity index (χ4n) is 2.88. The second kappa shape index (κ2) is 4.71. The molecule has 1 fully saturated rings. The van der Waals surface area contributed by atoms with E-state index >= 15 is 0 Å². The number of hydrogen-bond donors (Lipinski definition) is 0. The van der Waals surface area contributed by atoms with Crippen LogP contribution in [0.3, 0.4) is 0 Å². The summed E-state index contributed by atoms with van der Waals surface area (Å²) in [6.07, 6.45) is -2.37. The van der Waals surface area contributed by atoms with Gasteiger partial charge in [-0.25, -0.2) is 9.50 Å². The van der Waals surface area contributed by atoms with Crippen LogP contribution in [0.1, 0.15) is 18.4 Å². The molecule has 0 amide bonds. The van der Waals surface area contributed by atoms with Crippen LogP contribution in [0.5, 0.6) is 0 Å². The van der Waals surface area contributed by atoms with Gasteiger partial charge in [0.05, 0.1) is 17.3 Å². The van der Waals surface area contributed by atoms with E-state index in [4.69, 9.17) is 11.6 Å². The Kier molecular flexibility index (Phi) is 2.97. The van der Waals surface area contributed by atoms with Crippen LogP contribution in [-0.4, -0.2) is 20.8 Å². The van der Waals surface area contributed by atoms with Crippen molar-refractivity contribution in [1.29, 1.82) is 0 Å². The Bertz CT molecular complexity index is 897. The Labute approximate surface area is 134 Å². The SMILES string of the molecule is FC(F)(F)C1(c2cccc(-c3cnc4ccc(Cl)nn34)c2)CC1. The zero-order valence-electron chi connectivity index (χ0n) is 11.8. The molecule has 0 bridgehead atoms. The van der Waals surface area contributed by atoms with Crippen molar-refractivity contribution < 1.29 is 13.2 Å². The number of aromatic nitrogens is 3. The maximum absolute atomic E-state index is 13.3. The lowest BCUT2D eigenvalue weighted by Gasteiger charge is -2.20. The van der Waals surface area contributed by atoms with Gasteiger partial charge >= 0.3 is 6.18 Å². The van der Waals surface area contributed by atoms with E-state index < -0.39 is 11.6 Å². The minimum Gasteiger partial charge on any atom is -0.235 e. The summed E-state index contributed by atoms with van der Waals surface area (Å²) in [5.41, 5.74) is 0.433. The molecule has 0 N–H and O–H groups in total. The molecule has 1 aliphatic rings. The molecule has 0 spiro atoms. The van der Waals surface area contributed by atoms with Crippen molar-refractivity contribution in [3.63, 3.8) is 0 Å². The van der Waals surface area contributed by atoms with Crippen LogP contribution in [0.15, 0.2) is 42.6 Å². The number of fused-ring (bicyclic) bond motifs is 1. The van der Waals surface area contributed by atoms with Gasteiger partial charge < -0.3 is 0 Å². The molecule has 1 saturated carbocycles. The first-order chi connectivity index (χ1) is 10.9. The summed E-state index contributed by atoms with van der Waals surface area (Å²) in [6, 6.07) is 9.83. The van der Waals surface area contributed by atoms with Crippen molar-refractivity contribution in [2.75, 3.05) is 0 Å². The average molecular weight is 338 g/mol. The first-order valence-electron chi connectivity index (χ1n) is 7.09. The fraction of sp³-hybridized carbons (Fsp3) is 0.250. The molecule has 2 heterocycles. The largest absolute Gasteiger partial charge is 0.398 e. The predicted molar refractivity (Wildman–Crippen MR) is 80.4 cm³/mol. The van der Waals surface area contributed by atoms with Crippen molar-refractivity contribution in [2.45, 2.75) is 24.4 Å². The summed E-state index contributed by atoms with van der Waals surface area (Å²) in [7, 11) is 0. The lowest BCUT2D eigenvalue weighted by molar-refractivity contribution is -0.160. The van der Waals surface area contributed by atoms with E-state index in [9.17, 15) is 13.2 Å². The van der Waals surface area contributed by atoms with Gasteiger partial charge in [-0.05, 0) is 36.6 Å². The molecular weight excluding hydrogens is 327 g/mol. The molecule has 7 heteroatoms. The highest BCUT2D eigenvalue weighted by atomic mass is 35.5. The highest BCUT2D eigenvalue weighted by Gasteiger charge is 2.64. The highest BCUT2D eigenvalue weighted by Crippen LogP contribution is 2.59. The van der Waals surface area contributed by atoms with E-state index in [1.54, 1.807) is 36.5 Å². The molecule has 0 unspecified atom stereocenters. The first kappa shape index (κ1) is 14.5. The van der Waals surface area contributed by atoms with Gasteiger partial charge in [0.15, 0.2) is 5.65 Å². The molecular formula is C16H11ClF3N3. The van der Waals surface area contributed by atoms with Crippen molar-refractivity contribution in [2.24, 2.45) is 0 Å². The molecule has 0 atom stereocenters. The van der Waals surface area contributed by atoms with E-state index in [2.05, 4.69) is 10.1 Å². The van der Waals surface area contributed by atoms with Crippen LogP contribution in [0.25, 0.3) is 16.9 Å². The Balaban J connectivity index is 1.84. The molecule has 4 rings (SSSR count). The molecule has 3 nitrogen and oxygen atoms in total. The van der Waals surface area contributed by atoms with Crippen molar-refractivity contribution >= 4 is 17.2 Å². The smallest absolute Gasteiger partial charge is 0.235 e. The van der Waals surface area contributed by atoms with Gasteiger partial charge in [-0.2, -0.15) is 18.3 Å². The summed E-state index contributed by atoms with van der Waals surface area (Å²) in [5, 5.41) is 4.46. The quantitative estimate of drug-likeness (QED) is 0.681. The molecule has 2 aromatic heterocycles. The summed E-state index contributed by atoms with van der Waals surface area (Å²) in [5.74, 6) is 0. The van der Waals surface area contributed by atoms with E-state index in [0.29, 0.717) is 27.6 Å². The van der Waals surface area contributed by atoms with Crippen molar-refractivity contribution in [3.8, 4) is 11.3 Å². The molecule has 0 aliphatic heterocycles. The minimum atomic E-state index is -4.23. The Morgan fingerprint density at radius 1 is 1.13 bits per heavy atom. The lowest BCUT2D eigenvalue weighted by atomic mass is 9.93. The first-order valence-corrected chi connectivity index (χ1v) is 7.46. The van der Waals surface area contributed by atoms with Gasteiger partial charge in [-0.1, -0.05) is 29.8 Å². The lowest BCUT2D eigenvalue weighted by Crippen LogP contribution is -2.28. The van der Waals surface area contributed by atoms with Crippen LogP contribution in [0, 0.1) is 0 Å². The number of halogens is 4. The Morgan fingerprint density at radius 3 is 2.61 bits per heavy atom. The van der Waals surface area contributed by atoms with Gasteiger partial charge in [0.2, 0.25) is 0 Å². The fourth-order valence-corrected chi connectivity index (χ4v) is 3.02. The van der Waals surface area contributed by atoms with Gasteiger partial charge in [0, 0.05) is 5.56 Å². The standard InChI is InChI=1S/C16H11ClF3N3/c17-13-4-5-14-21-9-12(23(14)22-13)10-2-1-3-11(8-10)15(6-7-15)16(18,19)20/h1-5,8-9H,6-7H2. The van der Waals surface area contributed by atoms with Crippen molar-refractivity contribution in [3.05, 3.63) is 53.3 Å². The third-order valence-corrected chi connectivity index (χ3v) is 4.53. The molecule has 1 aromatic carbocycles. The van der Waals surface area contributed by atoms with Gasteiger partial charge in [-0.3, -0.25) is 0 Å². The third-order valence-electron chi connectivity index (χ3n) is 4.33. The second-order valence-corrected chi connectivity index (χ2v) is 6.12. The molecule has 23 heavy (non-hydrogen) atoms. The number of hydrogen-bond acceptors (Lipinski definition) is 2. The van der Waals surface area contributed by atoms with Crippen LogP contribution in [-0.2, 0) is 5.41 Å². The van der Waals surface area contributed by atoms with E-state index in [0.717, 1.165) is 0 Å². The molecule has 0 saturated heterocycles. The molecule has 0 radical (unpaired) electrons. The second-order valence-electron chi connectivity index (χ2n) is 5.73. The summed E-state index contributed by atoms with van der Waals surface area (Å²) < 4.78 is 41.5. The van der Waals surface area contributed by atoms with Crippen LogP contribution >= 0.6 is 11.6 Å². The average Bonchev–Trinajstić information content (AvgIpc) is 3.23. The number of rotatable bonds is 2. The number of nitrogens with zero attached hydrogens (tertiary/aromatic N) is 3. The third kappa shape index (κ3) is 2.20. The zero-order valence-corrected chi connectivity index (χ0v) is 12.6. The van der Waals surface area contributed by atoms with Gasteiger partial charge in [-0.15, -0.1) is 0 Å². The van der Waals surface area contributed by atoms with Crippen molar-refractivity contribution in [1.82, 2.24) is 14.6 Å². The minimum absolute atomic E-state index is 0.136. The maximum Gasteiger partial charge on any atom is 0.398 e. The monoisotopic (exact) mass is 337 g/mol. The topological polar surface area (TPSA) is 30.2 Å². The summed E-state index contributed by atoms with van der Waals surface area (Å²) >= 11 is 5.90. The maximum atomic E-state index is 13.3. The van der Waals surface area contributed by atoms with Crippen LogP contribution in [0.4, 0.5) is 13.2 Å². The van der Waals surface area contributed by atoms with E-state index in [1.165, 1.54) is 10.6 Å². The van der Waals surface area contributed by atoms with E-state index in [1.807, 2.05) is 0 Å². The van der Waals surface area contributed by atoms with Crippen LogP contribution in [0.2, 0.25) is 5.15 Å². The summed E-state index contributed by atoms with van der Waals surface area (Å²) in [6.45, 7) is 0. The Hall–Kier alpha value is -2.08. The van der Waals surface area contributed by atoms with Gasteiger partial charge in [0.25, 0.3) is 0 Å². The molecule has 1 aliphatic carbocycles.